The largest absolute Gasteiger partial charge is 0.487 e. The number of pyridine rings is 2. The van der Waals surface area contributed by atoms with Crippen LogP contribution in [0.5, 0.6) is 5.75 Å². The second-order valence-corrected chi connectivity index (χ2v) is 7.01. The Balaban J connectivity index is 0.00000341. The maximum Gasteiger partial charge on any atom is 0.191 e. The topological polar surface area (TPSA) is 71.4 Å². The van der Waals surface area contributed by atoms with Crippen LogP contribution in [0.25, 0.3) is 0 Å². The van der Waals surface area contributed by atoms with Crippen molar-refractivity contribution in [2.75, 3.05) is 13.1 Å². The highest BCUT2D eigenvalue weighted by Gasteiger charge is 2.01. The molecule has 0 fully saturated rings. The number of halogens is 2. The SMILES string of the molecule is CCNC(=NCc1cccc(OCc2ccccn2)c1)NCCc1ccc(Cl)nc1.I. The summed E-state index contributed by atoms with van der Waals surface area (Å²) < 4.78 is 5.85. The average molecular weight is 552 g/mol. The molecular formula is C23H27ClIN5O. The number of benzene rings is 1. The average Bonchev–Trinajstić information content (AvgIpc) is 2.78. The molecule has 3 aromatic rings. The second-order valence-electron chi connectivity index (χ2n) is 6.62. The van der Waals surface area contributed by atoms with Crippen molar-refractivity contribution < 1.29 is 4.74 Å². The van der Waals surface area contributed by atoms with Gasteiger partial charge in [-0.05, 0) is 54.8 Å². The first-order valence-electron chi connectivity index (χ1n) is 9.97. The Morgan fingerprint density at radius 2 is 1.94 bits per heavy atom. The molecule has 2 heterocycles. The minimum Gasteiger partial charge on any atom is -0.487 e. The molecule has 0 unspecified atom stereocenters. The second kappa shape index (κ2) is 13.8. The van der Waals surface area contributed by atoms with Crippen molar-refractivity contribution in [1.82, 2.24) is 20.6 Å². The van der Waals surface area contributed by atoms with Crippen molar-refractivity contribution in [1.29, 1.82) is 0 Å². The van der Waals surface area contributed by atoms with Gasteiger partial charge in [0.05, 0.1) is 12.2 Å². The molecule has 0 aliphatic carbocycles. The quantitative estimate of drug-likeness (QED) is 0.176. The molecule has 164 valence electrons. The Labute approximate surface area is 205 Å². The zero-order valence-corrected chi connectivity index (χ0v) is 20.5. The van der Waals surface area contributed by atoms with Gasteiger partial charge in [-0.2, -0.15) is 0 Å². The van der Waals surface area contributed by atoms with E-state index in [2.05, 4.69) is 25.6 Å². The van der Waals surface area contributed by atoms with Gasteiger partial charge in [-0.1, -0.05) is 35.9 Å². The summed E-state index contributed by atoms with van der Waals surface area (Å²) in [6, 6.07) is 17.6. The lowest BCUT2D eigenvalue weighted by atomic mass is 10.2. The molecule has 31 heavy (non-hydrogen) atoms. The molecular weight excluding hydrogens is 525 g/mol. The van der Waals surface area contributed by atoms with Crippen LogP contribution in [0.1, 0.15) is 23.7 Å². The molecule has 0 aliphatic rings. The van der Waals surface area contributed by atoms with E-state index in [9.17, 15) is 0 Å². The van der Waals surface area contributed by atoms with Gasteiger partial charge in [0.15, 0.2) is 5.96 Å². The maximum atomic E-state index is 5.85. The third-order valence-electron chi connectivity index (χ3n) is 4.27. The normalized spacial score (nSPS) is 10.8. The molecule has 8 heteroatoms. The fourth-order valence-electron chi connectivity index (χ4n) is 2.77. The molecule has 0 radical (unpaired) electrons. The molecule has 0 aliphatic heterocycles. The maximum absolute atomic E-state index is 5.85. The number of hydrogen-bond acceptors (Lipinski definition) is 4. The van der Waals surface area contributed by atoms with Crippen molar-refractivity contribution in [2.45, 2.75) is 26.5 Å². The van der Waals surface area contributed by atoms with Crippen molar-refractivity contribution in [2.24, 2.45) is 4.99 Å². The van der Waals surface area contributed by atoms with Gasteiger partial charge in [0.25, 0.3) is 0 Å². The Morgan fingerprint density at radius 1 is 1.03 bits per heavy atom. The Bertz CT molecular complexity index is 938. The van der Waals surface area contributed by atoms with Crippen LogP contribution in [0, 0.1) is 0 Å². The monoisotopic (exact) mass is 551 g/mol. The van der Waals surface area contributed by atoms with Gasteiger partial charge < -0.3 is 15.4 Å². The summed E-state index contributed by atoms with van der Waals surface area (Å²) in [5, 5.41) is 7.13. The zero-order valence-electron chi connectivity index (χ0n) is 17.4. The summed E-state index contributed by atoms with van der Waals surface area (Å²) in [4.78, 5) is 13.1. The van der Waals surface area contributed by atoms with E-state index in [1.165, 1.54) is 0 Å². The van der Waals surface area contributed by atoms with E-state index in [-0.39, 0.29) is 24.0 Å². The summed E-state index contributed by atoms with van der Waals surface area (Å²) in [5.41, 5.74) is 3.10. The van der Waals surface area contributed by atoms with Gasteiger partial charge in [-0.15, -0.1) is 24.0 Å². The highest BCUT2D eigenvalue weighted by Crippen LogP contribution is 2.15. The summed E-state index contributed by atoms with van der Waals surface area (Å²) in [5.74, 6) is 1.58. The van der Waals surface area contributed by atoms with Crippen LogP contribution in [-0.4, -0.2) is 29.0 Å². The predicted octanol–water partition coefficient (Wildman–Crippen LogP) is 4.62. The van der Waals surface area contributed by atoms with E-state index >= 15 is 0 Å². The van der Waals surface area contributed by atoms with E-state index in [1.54, 1.807) is 18.5 Å². The fourth-order valence-corrected chi connectivity index (χ4v) is 2.88. The first-order chi connectivity index (χ1) is 14.7. The van der Waals surface area contributed by atoms with E-state index in [0.717, 1.165) is 48.0 Å². The number of hydrogen-bond donors (Lipinski definition) is 2. The van der Waals surface area contributed by atoms with E-state index in [4.69, 9.17) is 16.3 Å². The van der Waals surface area contributed by atoms with Crippen molar-refractivity contribution >= 4 is 41.5 Å². The Morgan fingerprint density at radius 3 is 2.68 bits per heavy atom. The number of aromatic nitrogens is 2. The lowest BCUT2D eigenvalue weighted by molar-refractivity contribution is 0.301. The van der Waals surface area contributed by atoms with Crippen LogP contribution >= 0.6 is 35.6 Å². The molecule has 2 N–H and O–H groups in total. The van der Waals surface area contributed by atoms with Gasteiger partial charge in [-0.25, -0.2) is 9.98 Å². The first kappa shape index (κ1) is 24.9. The molecule has 2 aromatic heterocycles. The number of guanidine groups is 1. The highest BCUT2D eigenvalue weighted by atomic mass is 127. The Kier molecular flexibility index (Phi) is 11.1. The molecule has 0 saturated carbocycles. The summed E-state index contributed by atoms with van der Waals surface area (Å²) in [6.45, 7) is 4.59. The number of nitrogens with zero attached hydrogens (tertiary/aromatic N) is 3. The molecule has 0 bridgehead atoms. The van der Waals surface area contributed by atoms with Crippen LogP contribution < -0.4 is 15.4 Å². The first-order valence-corrected chi connectivity index (χ1v) is 10.3. The lowest BCUT2D eigenvalue weighted by Crippen LogP contribution is -2.38. The highest BCUT2D eigenvalue weighted by molar-refractivity contribution is 14.0. The standard InChI is InChI=1S/C23H26ClN5O.HI/c1-2-25-23(27-13-11-18-9-10-22(24)28-15-18)29-16-19-6-5-8-21(14-19)30-17-20-7-3-4-12-26-20;/h3-10,12,14-15H,2,11,13,16-17H2,1H3,(H2,25,27,29);1H. The number of rotatable bonds is 9. The van der Waals surface area contributed by atoms with E-state index in [1.807, 2.05) is 55.5 Å². The number of ether oxygens (including phenoxy) is 1. The van der Waals surface area contributed by atoms with Crippen LogP contribution in [0.4, 0.5) is 0 Å². The molecule has 0 saturated heterocycles. The molecule has 3 rings (SSSR count). The molecule has 0 spiro atoms. The van der Waals surface area contributed by atoms with Gasteiger partial charge >= 0.3 is 0 Å². The van der Waals surface area contributed by atoms with Gasteiger partial charge in [0, 0.05) is 25.5 Å². The van der Waals surface area contributed by atoms with Crippen LogP contribution in [0.2, 0.25) is 5.15 Å². The molecule has 0 atom stereocenters. The fraction of sp³-hybridized carbons (Fsp3) is 0.261. The summed E-state index contributed by atoms with van der Waals surface area (Å²) in [7, 11) is 0. The minimum absolute atomic E-state index is 0. The summed E-state index contributed by atoms with van der Waals surface area (Å²) >= 11 is 5.83. The van der Waals surface area contributed by atoms with E-state index < -0.39 is 0 Å². The van der Waals surface area contributed by atoms with Crippen LogP contribution in [0.3, 0.4) is 0 Å². The zero-order chi connectivity index (χ0) is 21.0. The van der Waals surface area contributed by atoms with Crippen molar-refractivity contribution in [3.05, 3.63) is 89.0 Å². The lowest BCUT2D eigenvalue weighted by Gasteiger charge is -2.12. The van der Waals surface area contributed by atoms with Crippen LogP contribution in [-0.2, 0) is 19.6 Å². The van der Waals surface area contributed by atoms with Crippen LogP contribution in [0.15, 0.2) is 72.0 Å². The third kappa shape index (κ3) is 9.10. The van der Waals surface area contributed by atoms with Gasteiger partial charge in [-0.3, -0.25) is 4.98 Å². The Hall–Kier alpha value is -2.39. The van der Waals surface area contributed by atoms with Crippen molar-refractivity contribution in [3.8, 4) is 5.75 Å². The van der Waals surface area contributed by atoms with Gasteiger partial charge in [0.1, 0.15) is 17.5 Å². The molecule has 0 amide bonds. The molecule has 1 aromatic carbocycles. The van der Waals surface area contributed by atoms with Gasteiger partial charge in [0.2, 0.25) is 0 Å². The minimum atomic E-state index is 0. The molecule has 6 nitrogen and oxygen atoms in total. The predicted molar refractivity (Wildman–Crippen MR) is 136 cm³/mol. The third-order valence-corrected chi connectivity index (χ3v) is 4.49. The summed E-state index contributed by atoms with van der Waals surface area (Å²) in [6.07, 6.45) is 4.40. The number of aliphatic imine (C=N–C) groups is 1. The number of nitrogens with one attached hydrogen (secondary N) is 2. The van der Waals surface area contributed by atoms with E-state index in [0.29, 0.717) is 18.3 Å². The van der Waals surface area contributed by atoms with Crippen molar-refractivity contribution in [3.63, 3.8) is 0 Å². The smallest absolute Gasteiger partial charge is 0.191 e.